The number of hydrogen-bond acceptors (Lipinski definition) is 3. The molecule has 0 rings (SSSR count). The van der Waals surface area contributed by atoms with Crippen molar-refractivity contribution in [3.05, 3.63) is 0 Å². The number of hydrogen-bond donors (Lipinski definition) is 3. The quantitative estimate of drug-likeness (QED) is 0.440. The maximum Gasteiger partial charge on any atom is 0.0556 e. The SMILES string of the molecule is C[C@@H](CN)NCCO. The van der Waals surface area contributed by atoms with Gasteiger partial charge in [-0.25, -0.2) is 0 Å². The summed E-state index contributed by atoms with van der Waals surface area (Å²) in [5.41, 5.74) is 5.27. The fourth-order valence-corrected chi connectivity index (χ4v) is 0.394. The van der Waals surface area contributed by atoms with Crippen LogP contribution in [0.3, 0.4) is 0 Å². The third-order valence-electron chi connectivity index (χ3n) is 0.958. The summed E-state index contributed by atoms with van der Waals surface area (Å²) in [5.74, 6) is 0. The van der Waals surface area contributed by atoms with E-state index in [-0.39, 0.29) is 6.61 Å². The van der Waals surface area contributed by atoms with Gasteiger partial charge in [-0.2, -0.15) is 0 Å². The summed E-state index contributed by atoms with van der Waals surface area (Å²) >= 11 is 0. The normalized spacial score (nSPS) is 13.9. The highest BCUT2D eigenvalue weighted by molar-refractivity contribution is 4.58. The summed E-state index contributed by atoms with van der Waals surface area (Å²) in [6, 6.07) is 0.321. The summed E-state index contributed by atoms with van der Waals surface area (Å²) in [5, 5.41) is 11.3. The molecule has 0 aromatic heterocycles. The second kappa shape index (κ2) is 5.03. The van der Waals surface area contributed by atoms with Gasteiger partial charge in [-0.05, 0) is 6.92 Å². The Bertz CT molecular complexity index is 49.7. The van der Waals surface area contributed by atoms with Gasteiger partial charge in [0.1, 0.15) is 0 Å². The molecule has 0 spiro atoms. The van der Waals surface area contributed by atoms with Gasteiger partial charge in [0.25, 0.3) is 0 Å². The summed E-state index contributed by atoms with van der Waals surface area (Å²) < 4.78 is 0. The van der Waals surface area contributed by atoms with Crippen LogP contribution >= 0.6 is 0 Å². The van der Waals surface area contributed by atoms with Crippen LogP contribution in [0.2, 0.25) is 0 Å². The van der Waals surface area contributed by atoms with Crippen LogP contribution in [-0.2, 0) is 0 Å². The molecule has 8 heavy (non-hydrogen) atoms. The highest BCUT2D eigenvalue weighted by Crippen LogP contribution is 1.71. The predicted molar refractivity (Wildman–Crippen MR) is 33.6 cm³/mol. The molecule has 0 aliphatic heterocycles. The number of nitrogens with two attached hydrogens (primary N) is 1. The van der Waals surface area contributed by atoms with Crippen LogP contribution in [0.1, 0.15) is 6.92 Å². The third-order valence-corrected chi connectivity index (χ3v) is 0.958. The molecule has 0 unspecified atom stereocenters. The van der Waals surface area contributed by atoms with E-state index in [0.29, 0.717) is 19.1 Å². The van der Waals surface area contributed by atoms with Gasteiger partial charge >= 0.3 is 0 Å². The Morgan fingerprint density at radius 1 is 1.75 bits per heavy atom. The first-order chi connectivity index (χ1) is 3.81. The van der Waals surface area contributed by atoms with Crippen LogP contribution in [-0.4, -0.2) is 30.8 Å². The van der Waals surface area contributed by atoms with Crippen molar-refractivity contribution in [2.24, 2.45) is 5.73 Å². The minimum absolute atomic E-state index is 0.185. The average molecular weight is 118 g/mol. The van der Waals surface area contributed by atoms with Crippen LogP contribution in [0.5, 0.6) is 0 Å². The van der Waals surface area contributed by atoms with Gasteiger partial charge in [0.15, 0.2) is 0 Å². The summed E-state index contributed by atoms with van der Waals surface area (Å²) in [6.45, 7) is 3.43. The standard InChI is InChI=1S/C5H14N2O/c1-5(4-6)7-2-3-8/h5,7-8H,2-4,6H2,1H3/t5-/m0/s1. The van der Waals surface area contributed by atoms with E-state index in [4.69, 9.17) is 10.8 Å². The summed E-state index contributed by atoms with van der Waals surface area (Å²) in [7, 11) is 0. The third kappa shape index (κ3) is 4.05. The van der Waals surface area contributed by atoms with E-state index in [1.165, 1.54) is 0 Å². The van der Waals surface area contributed by atoms with E-state index in [0.717, 1.165) is 0 Å². The van der Waals surface area contributed by atoms with Crippen LogP contribution in [0.25, 0.3) is 0 Å². The molecule has 0 aromatic rings. The molecule has 0 saturated carbocycles. The van der Waals surface area contributed by atoms with Crippen molar-refractivity contribution in [2.75, 3.05) is 19.7 Å². The minimum Gasteiger partial charge on any atom is -0.395 e. The van der Waals surface area contributed by atoms with E-state index in [9.17, 15) is 0 Å². The van der Waals surface area contributed by atoms with Crippen LogP contribution in [0.15, 0.2) is 0 Å². The van der Waals surface area contributed by atoms with E-state index < -0.39 is 0 Å². The van der Waals surface area contributed by atoms with Crippen molar-refractivity contribution in [3.63, 3.8) is 0 Å². The average Bonchev–Trinajstić information content (AvgIpc) is 1.83. The lowest BCUT2D eigenvalue weighted by molar-refractivity contribution is 0.286. The Balaban J connectivity index is 2.86. The van der Waals surface area contributed by atoms with Gasteiger partial charge in [0.2, 0.25) is 0 Å². The molecule has 3 nitrogen and oxygen atoms in total. The van der Waals surface area contributed by atoms with Gasteiger partial charge in [-0.15, -0.1) is 0 Å². The van der Waals surface area contributed by atoms with E-state index in [2.05, 4.69) is 5.32 Å². The van der Waals surface area contributed by atoms with Crippen molar-refractivity contribution in [1.29, 1.82) is 0 Å². The van der Waals surface area contributed by atoms with Gasteiger partial charge in [-0.1, -0.05) is 0 Å². The molecular weight excluding hydrogens is 104 g/mol. The lowest BCUT2D eigenvalue weighted by Crippen LogP contribution is -2.34. The van der Waals surface area contributed by atoms with Crippen molar-refractivity contribution >= 4 is 0 Å². The molecule has 3 heteroatoms. The first-order valence-corrected chi connectivity index (χ1v) is 2.85. The molecule has 0 radical (unpaired) electrons. The van der Waals surface area contributed by atoms with E-state index in [1.807, 2.05) is 6.92 Å². The van der Waals surface area contributed by atoms with Crippen LogP contribution in [0, 0.1) is 0 Å². The van der Waals surface area contributed by atoms with Crippen LogP contribution < -0.4 is 11.1 Å². The molecule has 50 valence electrons. The molecular formula is C5H14N2O. The number of aliphatic hydroxyl groups excluding tert-OH is 1. The van der Waals surface area contributed by atoms with Gasteiger partial charge in [-0.3, -0.25) is 0 Å². The number of rotatable bonds is 4. The Morgan fingerprint density at radius 2 is 2.38 bits per heavy atom. The maximum absolute atomic E-state index is 8.31. The smallest absolute Gasteiger partial charge is 0.0556 e. The van der Waals surface area contributed by atoms with Crippen molar-refractivity contribution in [3.8, 4) is 0 Å². The molecule has 0 aliphatic rings. The lowest BCUT2D eigenvalue weighted by Gasteiger charge is -2.07. The first kappa shape index (κ1) is 7.88. The summed E-state index contributed by atoms with van der Waals surface area (Å²) in [4.78, 5) is 0. The largest absolute Gasteiger partial charge is 0.395 e. The zero-order valence-corrected chi connectivity index (χ0v) is 5.22. The molecule has 1 atom stereocenters. The molecule has 0 aromatic carbocycles. The van der Waals surface area contributed by atoms with Gasteiger partial charge in [0.05, 0.1) is 6.61 Å². The highest BCUT2D eigenvalue weighted by atomic mass is 16.3. The molecule has 0 amide bonds. The Kier molecular flexibility index (Phi) is 4.95. The van der Waals surface area contributed by atoms with Gasteiger partial charge in [0, 0.05) is 19.1 Å². The fourth-order valence-electron chi connectivity index (χ4n) is 0.394. The fraction of sp³-hybridized carbons (Fsp3) is 1.00. The zero-order chi connectivity index (χ0) is 6.41. The van der Waals surface area contributed by atoms with E-state index in [1.54, 1.807) is 0 Å². The van der Waals surface area contributed by atoms with Crippen molar-refractivity contribution < 1.29 is 5.11 Å². The molecule has 0 bridgehead atoms. The molecule has 0 aliphatic carbocycles. The molecule has 0 heterocycles. The predicted octanol–water partition coefficient (Wildman–Crippen LogP) is -1.08. The van der Waals surface area contributed by atoms with Crippen LogP contribution in [0.4, 0.5) is 0 Å². The van der Waals surface area contributed by atoms with Crippen molar-refractivity contribution in [2.45, 2.75) is 13.0 Å². The Labute approximate surface area is 49.9 Å². The van der Waals surface area contributed by atoms with Gasteiger partial charge < -0.3 is 16.2 Å². The Hall–Kier alpha value is -0.120. The highest BCUT2D eigenvalue weighted by Gasteiger charge is 1.92. The second-order valence-electron chi connectivity index (χ2n) is 1.81. The lowest BCUT2D eigenvalue weighted by atomic mass is 10.3. The van der Waals surface area contributed by atoms with E-state index >= 15 is 0 Å². The maximum atomic E-state index is 8.31. The summed E-state index contributed by atoms with van der Waals surface area (Å²) in [6.07, 6.45) is 0. The zero-order valence-electron chi connectivity index (χ0n) is 5.22. The monoisotopic (exact) mass is 118 g/mol. The molecule has 0 saturated heterocycles. The Morgan fingerprint density at radius 3 is 2.75 bits per heavy atom. The second-order valence-corrected chi connectivity index (χ2v) is 1.81. The minimum atomic E-state index is 0.185. The van der Waals surface area contributed by atoms with Crippen molar-refractivity contribution in [1.82, 2.24) is 5.32 Å². The number of aliphatic hydroxyl groups is 1. The topological polar surface area (TPSA) is 58.3 Å². The first-order valence-electron chi connectivity index (χ1n) is 2.85. The molecule has 0 fully saturated rings. The molecule has 4 N–H and O–H groups in total. The number of nitrogens with one attached hydrogen (secondary N) is 1.